The molecule has 0 aliphatic rings. The minimum Gasteiger partial charge on any atom is -0.439 e. The zero-order chi connectivity index (χ0) is 67.2. The Bertz CT molecular complexity index is 5650. The fourth-order valence-electron chi connectivity index (χ4n) is 15.3. The zero-order valence-corrected chi connectivity index (χ0v) is 59.5. The Labute approximate surface area is 566 Å². The topological polar surface area (TPSA) is 25.2 Å². The molecule has 0 bridgehead atoms. The summed E-state index contributed by atoms with van der Waals surface area (Å²) in [5, 5.41) is 11.0. The first kappa shape index (κ1) is 61.2. The Balaban J connectivity index is 1.08. The van der Waals surface area contributed by atoms with E-state index in [4.69, 9.17) is 4.42 Å². The third kappa shape index (κ3) is 9.82. The minimum absolute atomic E-state index is 0.0630. The highest BCUT2D eigenvalue weighted by Crippen LogP contribution is 2.53. The third-order valence-corrected chi connectivity index (χ3v) is 21.0. The number of nitrogens with zero attached hydrogens (tertiary/aromatic N) is 3. The van der Waals surface area contributed by atoms with E-state index >= 15 is 0 Å². The normalized spacial score (nSPS) is 13.3. The summed E-state index contributed by atoms with van der Waals surface area (Å²) in [5.74, 6) is 0. The second-order valence-electron chi connectivity index (χ2n) is 34.0. The van der Waals surface area contributed by atoms with Gasteiger partial charge in [-0.25, -0.2) is 0 Å². The molecule has 4 nitrogen and oxygen atoms in total. The van der Waals surface area contributed by atoms with Gasteiger partial charge in [0, 0.05) is 65.7 Å². The largest absolute Gasteiger partial charge is 0.439 e. The quantitative estimate of drug-likeness (QED) is 0.159. The van der Waals surface area contributed by atoms with Crippen LogP contribution in [-0.2, 0) is 32.5 Å². The van der Waals surface area contributed by atoms with Crippen LogP contribution in [0.1, 0.15) is 158 Å². The van der Waals surface area contributed by atoms with Crippen LogP contribution in [0.3, 0.4) is 0 Å². The van der Waals surface area contributed by atoms with Gasteiger partial charge in [0.05, 0.1) is 33.0 Å². The van der Waals surface area contributed by atoms with Crippen LogP contribution in [0.2, 0.25) is 0 Å². The number of rotatable bonds is 7. The number of anilines is 3. The number of benzene rings is 11. The number of para-hydroxylation sites is 3. The molecule has 11 aromatic carbocycles. The lowest BCUT2D eigenvalue weighted by Crippen LogP contribution is -2.16. The first-order valence-corrected chi connectivity index (χ1v) is 34.7. The van der Waals surface area contributed by atoms with Crippen LogP contribution < -0.4 is 4.90 Å². The van der Waals surface area contributed by atoms with E-state index in [2.05, 4.69) is 351 Å². The maximum absolute atomic E-state index is 7.15. The van der Waals surface area contributed by atoms with Crippen LogP contribution >= 0.6 is 0 Å². The molecule has 5 heterocycles. The molecule has 0 unspecified atom stereocenters. The number of hydrogen-bond donors (Lipinski definition) is 0. The second-order valence-corrected chi connectivity index (χ2v) is 34.0. The molecular formula is C92H89N3O. The van der Waals surface area contributed by atoms with Crippen molar-refractivity contribution in [1.29, 1.82) is 0 Å². The highest BCUT2D eigenvalue weighted by atomic mass is 16.3. The van der Waals surface area contributed by atoms with Gasteiger partial charge in [-0.2, -0.15) is 0 Å². The molecule has 0 saturated heterocycles. The standard InChI is InChI=1S/C92H89N3O/c1-87(2,3)61-39-55(40-62(51-61)88(4,5)6)58-45-71(54-33-35-69(36-34-54)93(67-27-21-19-22-28-67)68-29-23-20-24-30-68)83-72(46-58)73-47-59(56-41-63(89(7,8)9)52-64(42-56)90(10,11)12)49-75-81-77(94(83)84(73)75)37-38-78-82(81)76-50-60(57-43-65(91(13,14)15)53-66(44-57)92(16,17)18)48-74-80-70-31-25-26-32-79(70)96-86(80)95(78)85(74)76/h19-53H,1-18H3. The molecule has 0 radical (unpaired) electrons. The Morgan fingerprint density at radius 2 is 0.594 bits per heavy atom. The summed E-state index contributed by atoms with van der Waals surface area (Å²) < 4.78 is 12.3. The van der Waals surface area contributed by atoms with Crippen molar-refractivity contribution in [2.75, 3.05) is 4.90 Å². The van der Waals surface area contributed by atoms with E-state index in [0.717, 1.165) is 50.2 Å². The van der Waals surface area contributed by atoms with E-state index in [9.17, 15) is 0 Å². The number of aromatic nitrogens is 2. The number of furan rings is 1. The Morgan fingerprint density at radius 3 is 1.02 bits per heavy atom. The lowest BCUT2D eigenvalue weighted by atomic mass is 9.78. The van der Waals surface area contributed by atoms with Gasteiger partial charge in [-0.05, 0) is 196 Å². The average Bonchev–Trinajstić information content (AvgIpc) is 1.50. The Hall–Kier alpha value is -9.64. The summed E-state index contributed by atoms with van der Waals surface area (Å²) >= 11 is 0. The molecule has 0 amide bonds. The van der Waals surface area contributed by atoms with Crippen LogP contribution in [0.25, 0.3) is 132 Å². The van der Waals surface area contributed by atoms with Crippen LogP contribution in [-0.4, -0.2) is 8.80 Å². The van der Waals surface area contributed by atoms with E-state index < -0.39 is 0 Å². The minimum atomic E-state index is -0.0850. The molecule has 16 aromatic rings. The van der Waals surface area contributed by atoms with E-state index in [0.29, 0.717) is 0 Å². The fourth-order valence-corrected chi connectivity index (χ4v) is 15.3. The molecule has 96 heavy (non-hydrogen) atoms. The smallest absolute Gasteiger partial charge is 0.213 e. The first-order chi connectivity index (χ1) is 45.4. The van der Waals surface area contributed by atoms with E-state index in [1.165, 1.54) is 132 Å². The van der Waals surface area contributed by atoms with Gasteiger partial charge in [-0.15, -0.1) is 0 Å². The van der Waals surface area contributed by atoms with Gasteiger partial charge in [0.1, 0.15) is 5.58 Å². The van der Waals surface area contributed by atoms with Gasteiger partial charge in [-0.1, -0.05) is 246 Å². The van der Waals surface area contributed by atoms with Gasteiger partial charge in [0.2, 0.25) is 5.71 Å². The van der Waals surface area contributed by atoms with Crippen molar-refractivity contribution in [2.24, 2.45) is 0 Å². The maximum Gasteiger partial charge on any atom is 0.213 e. The molecule has 0 N–H and O–H groups in total. The summed E-state index contributed by atoms with van der Waals surface area (Å²) in [6, 6.07) is 81.7. The van der Waals surface area contributed by atoms with E-state index in [-0.39, 0.29) is 32.5 Å². The monoisotopic (exact) mass is 1250 g/mol. The van der Waals surface area contributed by atoms with Crippen LogP contribution in [0.15, 0.2) is 217 Å². The maximum atomic E-state index is 7.15. The molecule has 0 saturated carbocycles. The molecular weight excluding hydrogens is 1160 g/mol. The summed E-state index contributed by atoms with van der Waals surface area (Å²) in [6.07, 6.45) is 0. The van der Waals surface area contributed by atoms with Gasteiger partial charge >= 0.3 is 0 Å². The lowest BCUT2D eigenvalue weighted by Gasteiger charge is -2.26. The van der Waals surface area contributed by atoms with Crippen molar-refractivity contribution < 1.29 is 4.42 Å². The van der Waals surface area contributed by atoms with Crippen molar-refractivity contribution in [2.45, 2.75) is 157 Å². The highest BCUT2D eigenvalue weighted by molar-refractivity contribution is 6.38. The van der Waals surface area contributed by atoms with Crippen LogP contribution in [0.4, 0.5) is 17.1 Å². The van der Waals surface area contributed by atoms with Crippen molar-refractivity contribution in [3.05, 3.63) is 246 Å². The summed E-state index contributed by atoms with van der Waals surface area (Å²) in [5.41, 5.74) is 28.3. The molecule has 0 aliphatic carbocycles. The molecule has 0 aliphatic heterocycles. The fraction of sp³-hybridized carbons (Fsp3) is 0.261. The summed E-state index contributed by atoms with van der Waals surface area (Å²) in [6.45, 7) is 42.3. The van der Waals surface area contributed by atoms with Gasteiger partial charge in [0.25, 0.3) is 0 Å². The number of fused-ring (bicyclic) bond motifs is 15. The van der Waals surface area contributed by atoms with Crippen molar-refractivity contribution in [1.82, 2.24) is 8.80 Å². The van der Waals surface area contributed by atoms with Crippen molar-refractivity contribution in [3.8, 4) is 44.5 Å². The SMILES string of the molecule is CC(C)(C)c1cc(-c2cc(-c3ccc(N(c4ccccc4)c4ccccc4)cc3)c3c(c2)c2cc(-c4cc(C(C)(C)C)cc(C(C)(C)C)c4)cc4c5c6c7cc(-c8cc(C(C)(C)C)cc(C(C)(C)C)c8)cc8c9c%10ccccc%10oc9n(c6ccc5n3c24)c78)cc(C(C)(C)C)c1. The van der Waals surface area contributed by atoms with E-state index in [1.54, 1.807) is 0 Å². The molecule has 478 valence electrons. The molecule has 4 heteroatoms. The zero-order valence-electron chi connectivity index (χ0n) is 59.5. The molecule has 0 fully saturated rings. The van der Waals surface area contributed by atoms with Crippen LogP contribution in [0.5, 0.6) is 0 Å². The first-order valence-electron chi connectivity index (χ1n) is 34.7. The van der Waals surface area contributed by atoms with Crippen molar-refractivity contribution >= 4 is 104 Å². The number of hydrogen-bond acceptors (Lipinski definition) is 2. The predicted molar refractivity (Wildman–Crippen MR) is 414 cm³/mol. The molecule has 0 atom stereocenters. The molecule has 5 aromatic heterocycles. The van der Waals surface area contributed by atoms with Gasteiger partial charge in [-0.3, -0.25) is 4.40 Å². The van der Waals surface area contributed by atoms with Crippen molar-refractivity contribution in [3.63, 3.8) is 0 Å². The average molecular weight is 1250 g/mol. The third-order valence-electron chi connectivity index (χ3n) is 21.0. The molecule has 0 spiro atoms. The molecule has 16 rings (SSSR count). The summed E-state index contributed by atoms with van der Waals surface area (Å²) in [4.78, 5) is 2.36. The van der Waals surface area contributed by atoms with Crippen LogP contribution in [0, 0.1) is 0 Å². The second kappa shape index (κ2) is 20.9. The summed E-state index contributed by atoms with van der Waals surface area (Å²) in [7, 11) is 0. The van der Waals surface area contributed by atoms with Gasteiger partial charge in [0.15, 0.2) is 0 Å². The Kier molecular flexibility index (Phi) is 13.4. The van der Waals surface area contributed by atoms with E-state index in [1.807, 2.05) is 0 Å². The lowest BCUT2D eigenvalue weighted by molar-refractivity contribution is 0.568. The van der Waals surface area contributed by atoms with Gasteiger partial charge < -0.3 is 13.7 Å². The Morgan fingerprint density at radius 1 is 0.260 bits per heavy atom. The predicted octanol–water partition coefficient (Wildman–Crippen LogP) is 26.7. The highest BCUT2D eigenvalue weighted by Gasteiger charge is 2.32.